The summed E-state index contributed by atoms with van der Waals surface area (Å²) in [5, 5.41) is 3.41. The van der Waals surface area contributed by atoms with Gasteiger partial charge in [-0.25, -0.2) is 0 Å². The first kappa shape index (κ1) is 15.9. The average molecular weight is 319 g/mol. The SMILES string of the molecule is CC(C)(C)c1ccc2c(c1)CC(c1ccc(C(F)(F)F)cc1)N2. The molecular formula is C19H20F3N. The van der Waals surface area contributed by atoms with E-state index in [0.29, 0.717) is 0 Å². The standard InChI is InChI=1S/C19H20F3N/c1-18(2,3)15-8-9-16-13(10-15)11-17(23-16)12-4-6-14(7-5-12)19(20,21)22/h4-10,17,23H,11H2,1-3H3. The van der Waals surface area contributed by atoms with Gasteiger partial charge in [-0.1, -0.05) is 45.0 Å². The van der Waals surface area contributed by atoms with Gasteiger partial charge in [-0.15, -0.1) is 0 Å². The van der Waals surface area contributed by atoms with Gasteiger partial charge in [0.05, 0.1) is 11.6 Å². The molecule has 0 amide bonds. The first-order valence-corrected chi connectivity index (χ1v) is 7.72. The summed E-state index contributed by atoms with van der Waals surface area (Å²) in [5.41, 5.74) is 3.93. The normalized spacial score (nSPS) is 17.7. The van der Waals surface area contributed by atoms with Crippen molar-refractivity contribution in [2.24, 2.45) is 0 Å². The Morgan fingerprint density at radius 1 is 0.913 bits per heavy atom. The third-order valence-electron chi connectivity index (χ3n) is 4.37. The van der Waals surface area contributed by atoms with Crippen LogP contribution < -0.4 is 5.32 Å². The van der Waals surface area contributed by atoms with E-state index in [1.165, 1.54) is 11.1 Å². The summed E-state index contributed by atoms with van der Waals surface area (Å²) in [6.07, 6.45) is -3.49. The second-order valence-corrected chi connectivity index (χ2v) is 7.14. The summed E-state index contributed by atoms with van der Waals surface area (Å²) in [6.45, 7) is 6.51. The molecule has 1 aliphatic rings. The van der Waals surface area contributed by atoms with Crippen LogP contribution in [-0.2, 0) is 18.0 Å². The van der Waals surface area contributed by atoms with E-state index in [0.717, 1.165) is 29.8 Å². The number of alkyl halides is 3. The van der Waals surface area contributed by atoms with Crippen molar-refractivity contribution < 1.29 is 13.2 Å². The topological polar surface area (TPSA) is 12.0 Å². The van der Waals surface area contributed by atoms with Gasteiger partial charge in [0.1, 0.15) is 0 Å². The molecule has 1 N–H and O–H groups in total. The van der Waals surface area contributed by atoms with Gasteiger partial charge in [-0.05, 0) is 46.7 Å². The van der Waals surface area contributed by atoms with Crippen LogP contribution in [0.2, 0.25) is 0 Å². The van der Waals surface area contributed by atoms with Crippen LogP contribution in [0.25, 0.3) is 0 Å². The molecule has 0 bridgehead atoms. The highest BCUT2D eigenvalue weighted by Gasteiger charge is 2.31. The Bertz CT molecular complexity index is 709. The predicted molar refractivity (Wildman–Crippen MR) is 86.7 cm³/mol. The number of hydrogen-bond donors (Lipinski definition) is 1. The number of hydrogen-bond acceptors (Lipinski definition) is 1. The minimum Gasteiger partial charge on any atom is -0.378 e. The molecule has 1 aliphatic heterocycles. The van der Waals surface area contributed by atoms with Crippen molar-refractivity contribution in [1.82, 2.24) is 0 Å². The van der Waals surface area contributed by atoms with Crippen molar-refractivity contribution in [3.05, 3.63) is 64.7 Å². The van der Waals surface area contributed by atoms with Crippen LogP contribution in [0.1, 0.15) is 49.1 Å². The zero-order valence-corrected chi connectivity index (χ0v) is 13.5. The fraction of sp³-hybridized carbons (Fsp3) is 0.368. The molecule has 0 radical (unpaired) electrons. The maximum Gasteiger partial charge on any atom is 0.416 e. The van der Waals surface area contributed by atoms with Crippen molar-refractivity contribution in [2.75, 3.05) is 5.32 Å². The molecule has 1 nitrogen and oxygen atoms in total. The fourth-order valence-corrected chi connectivity index (χ4v) is 2.93. The quantitative estimate of drug-likeness (QED) is 0.709. The van der Waals surface area contributed by atoms with Crippen LogP contribution in [-0.4, -0.2) is 0 Å². The third kappa shape index (κ3) is 3.21. The van der Waals surface area contributed by atoms with E-state index in [4.69, 9.17) is 0 Å². The Labute approximate surface area is 134 Å². The maximum absolute atomic E-state index is 12.7. The van der Waals surface area contributed by atoms with Crippen molar-refractivity contribution >= 4 is 5.69 Å². The molecule has 0 aliphatic carbocycles. The van der Waals surface area contributed by atoms with E-state index >= 15 is 0 Å². The minimum absolute atomic E-state index is 0.0301. The Kier molecular flexibility index (Phi) is 3.66. The number of benzene rings is 2. The number of halogens is 3. The lowest BCUT2D eigenvalue weighted by atomic mass is 9.85. The molecule has 4 heteroatoms. The molecule has 0 saturated heterocycles. The van der Waals surface area contributed by atoms with Crippen LogP contribution in [0.3, 0.4) is 0 Å². The first-order chi connectivity index (χ1) is 10.6. The molecule has 1 heterocycles. The van der Waals surface area contributed by atoms with Crippen LogP contribution in [0.5, 0.6) is 0 Å². The van der Waals surface area contributed by atoms with Crippen molar-refractivity contribution in [3.63, 3.8) is 0 Å². The van der Waals surface area contributed by atoms with Crippen LogP contribution in [0.15, 0.2) is 42.5 Å². The van der Waals surface area contributed by atoms with Gasteiger partial charge >= 0.3 is 6.18 Å². The zero-order chi connectivity index (χ0) is 16.8. The summed E-state index contributed by atoms with van der Waals surface area (Å²) in [7, 11) is 0. The molecule has 0 saturated carbocycles. The van der Waals surface area contributed by atoms with Gasteiger partial charge in [-0.3, -0.25) is 0 Å². The molecule has 1 atom stereocenters. The lowest BCUT2D eigenvalue weighted by molar-refractivity contribution is -0.137. The summed E-state index contributed by atoms with van der Waals surface area (Å²) >= 11 is 0. The van der Waals surface area contributed by atoms with Crippen LogP contribution >= 0.6 is 0 Å². The van der Waals surface area contributed by atoms with E-state index in [1.54, 1.807) is 12.1 Å². The monoisotopic (exact) mass is 319 g/mol. The second kappa shape index (κ2) is 5.29. The smallest absolute Gasteiger partial charge is 0.378 e. The molecule has 23 heavy (non-hydrogen) atoms. The minimum atomic E-state index is -4.29. The van der Waals surface area contributed by atoms with Crippen molar-refractivity contribution in [3.8, 4) is 0 Å². The first-order valence-electron chi connectivity index (χ1n) is 7.72. The highest BCUT2D eigenvalue weighted by atomic mass is 19.4. The van der Waals surface area contributed by atoms with Crippen molar-refractivity contribution in [2.45, 2.75) is 44.8 Å². The Balaban J connectivity index is 1.82. The Hall–Kier alpha value is -1.97. The Morgan fingerprint density at radius 3 is 2.09 bits per heavy atom. The van der Waals surface area contributed by atoms with E-state index in [9.17, 15) is 13.2 Å². The van der Waals surface area contributed by atoms with Gasteiger partial charge in [0.25, 0.3) is 0 Å². The molecule has 1 unspecified atom stereocenters. The number of nitrogens with one attached hydrogen (secondary N) is 1. The summed E-state index contributed by atoms with van der Waals surface area (Å²) in [4.78, 5) is 0. The van der Waals surface area contributed by atoms with Crippen LogP contribution in [0.4, 0.5) is 18.9 Å². The van der Waals surface area contributed by atoms with E-state index in [1.807, 2.05) is 0 Å². The summed E-state index contributed by atoms with van der Waals surface area (Å²) < 4.78 is 38.0. The molecule has 2 aromatic carbocycles. The number of rotatable bonds is 1. The molecule has 2 aromatic rings. The molecule has 0 spiro atoms. The van der Waals surface area contributed by atoms with Gasteiger partial charge < -0.3 is 5.32 Å². The highest BCUT2D eigenvalue weighted by molar-refractivity contribution is 5.60. The Morgan fingerprint density at radius 2 is 1.52 bits per heavy atom. The lowest BCUT2D eigenvalue weighted by Gasteiger charge is -2.19. The third-order valence-corrected chi connectivity index (χ3v) is 4.37. The van der Waals surface area contributed by atoms with Crippen molar-refractivity contribution in [1.29, 1.82) is 0 Å². The number of fused-ring (bicyclic) bond motifs is 1. The average Bonchev–Trinajstić information content (AvgIpc) is 2.88. The van der Waals surface area contributed by atoms with E-state index < -0.39 is 11.7 Å². The van der Waals surface area contributed by atoms with Gasteiger partial charge in [0, 0.05) is 5.69 Å². The molecular weight excluding hydrogens is 299 g/mol. The molecule has 3 rings (SSSR count). The molecule has 0 fully saturated rings. The lowest BCUT2D eigenvalue weighted by Crippen LogP contribution is -2.10. The van der Waals surface area contributed by atoms with Gasteiger partial charge in [-0.2, -0.15) is 13.2 Å². The summed E-state index contributed by atoms with van der Waals surface area (Å²) in [5.74, 6) is 0. The summed E-state index contributed by atoms with van der Waals surface area (Å²) in [6, 6.07) is 11.9. The predicted octanol–water partition coefficient (Wildman–Crippen LogP) is 5.71. The fourth-order valence-electron chi connectivity index (χ4n) is 2.93. The zero-order valence-electron chi connectivity index (χ0n) is 13.5. The molecule has 0 aromatic heterocycles. The molecule has 122 valence electrons. The van der Waals surface area contributed by atoms with Crippen LogP contribution in [0, 0.1) is 0 Å². The second-order valence-electron chi connectivity index (χ2n) is 7.14. The van der Waals surface area contributed by atoms with E-state index in [2.05, 4.69) is 44.3 Å². The number of anilines is 1. The maximum atomic E-state index is 12.7. The highest BCUT2D eigenvalue weighted by Crippen LogP contribution is 2.37. The van der Waals surface area contributed by atoms with E-state index in [-0.39, 0.29) is 11.5 Å². The van der Waals surface area contributed by atoms with Gasteiger partial charge in [0.15, 0.2) is 0 Å². The largest absolute Gasteiger partial charge is 0.416 e. The van der Waals surface area contributed by atoms with Gasteiger partial charge in [0.2, 0.25) is 0 Å².